The third-order valence-electron chi connectivity index (χ3n) is 1.94. The predicted octanol–water partition coefficient (Wildman–Crippen LogP) is 2.79. The van der Waals surface area contributed by atoms with Crippen LogP contribution in [0.1, 0.15) is 5.82 Å². The van der Waals surface area contributed by atoms with Crippen molar-refractivity contribution in [3.63, 3.8) is 0 Å². The monoisotopic (exact) mass is 284 g/mol. The Labute approximate surface area is 90.8 Å². The SMILES string of the molecule is Cc1nccn1-c1ccccc1I. The minimum absolute atomic E-state index is 1.02. The molecule has 0 fully saturated rings. The largest absolute Gasteiger partial charge is 0.303 e. The maximum atomic E-state index is 4.19. The van der Waals surface area contributed by atoms with Crippen molar-refractivity contribution in [3.8, 4) is 5.69 Å². The number of benzene rings is 1. The Balaban J connectivity index is 2.59. The number of rotatable bonds is 1. The van der Waals surface area contributed by atoms with Gasteiger partial charge in [-0.15, -0.1) is 0 Å². The van der Waals surface area contributed by atoms with Crippen LogP contribution in [-0.4, -0.2) is 9.55 Å². The second-order valence-corrected chi connectivity index (χ2v) is 3.96. The molecule has 13 heavy (non-hydrogen) atoms. The van der Waals surface area contributed by atoms with Crippen molar-refractivity contribution in [2.45, 2.75) is 6.92 Å². The van der Waals surface area contributed by atoms with Gasteiger partial charge in [0, 0.05) is 16.0 Å². The van der Waals surface area contributed by atoms with Gasteiger partial charge in [-0.25, -0.2) is 4.98 Å². The van der Waals surface area contributed by atoms with Gasteiger partial charge in [0.25, 0.3) is 0 Å². The highest BCUT2D eigenvalue weighted by Gasteiger charge is 2.02. The van der Waals surface area contributed by atoms with E-state index in [9.17, 15) is 0 Å². The van der Waals surface area contributed by atoms with Crippen LogP contribution in [0.3, 0.4) is 0 Å². The Morgan fingerprint density at radius 3 is 2.69 bits per heavy atom. The number of hydrogen-bond donors (Lipinski definition) is 0. The van der Waals surface area contributed by atoms with Gasteiger partial charge in [0.2, 0.25) is 0 Å². The first-order chi connectivity index (χ1) is 6.29. The number of para-hydroxylation sites is 1. The molecular weight excluding hydrogens is 275 g/mol. The Morgan fingerprint density at radius 1 is 1.31 bits per heavy atom. The fourth-order valence-corrected chi connectivity index (χ4v) is 1.93. The molecule has 0 amide bonds. The summed E-state index contributed by atoms with van der Waals surface area (Å²) in [7, 11) is 0. The molecule has 0 atom stereocenters. The highest BCUT2D eigenvalue weighted by atomic mass is 127. The van der Waals surface area contributed by atoms with E-state index < -0.39 is 0 Å². The smallest absolute Gasteiger partial charge is 0.110 e. The van der Waals surface area contributed by atoms with Gasteiger partial charge in [0.05, 0.1) is 5.69 Å². The minimum atomic E-state index is 1.02. The topological polar surface area (TPSA) is 17.8 Å². The number of halogens is 1. The quantitative estimate of drug-likeness (QED) is 0.736. The van der Waals surface area contributed by atoms with Gasteiger partial charge in [-0.1, -0.05) is 12.1 Å². The average molecular weight is 284 g/mol. The van der Waals surface area contributed by atoms with Crippen molar-refractivity contribution in [1.29, 1.82) is 0 Å². The standard InChI is InChI=1S/C10H9IN2/c1-8-12-6-7-13(8)10-5-3-2-4-9(10)11/h2-7H,1H3. The molecular formula is C10H9IN2. The number of imidazole rings is 1. The van der Waals surface area contributed by atoms with Crippen molar-refractivity contribution in [1.82, 2.24) is 9.55 Å². The summed E-state index contributed by atoms with van der Waals surface area (Å²) in [6.45, 7) is 2.00. The summed E-state index contributed by atoms with van der Waals surface area (Å²) in [4.78, 5) is 4.19. The summed E-state index contributed by atoms with van der Waals surface area (Å²) in [5, 5.41) is 0. The van der Waals surface area contributed by atoms with Crippen LogP contribution in [0, 0.1) is 10.5 Å². The lowest BCUT2D eigenvalue weighted by Crippen LogP contribution is -1.97. The Kier molecular flexibility index (Phi) is 2.35. The lowest BCUT2D eigenvalue weighted by molar-refractivity contribution is 0.969. The zero-order chi connectivity index (χ0) is 9.26. The van der Waals surface area contributed by atoms with E-state index in [-0.39, 0.29) is 0 Å². The second-order valence-electron chi connectivity index (χ2n) is 2.80. The summed E-state index contributed by atoms with van der Waals surface area (Å²) >= 11 is 2.33. The molecule has 2 aromatic rings. The molecule has 1 aromatic carbocycles. The number of hydrogen-bond acceptors (Lipinski definition) is 1. The van der Waals surface area contributed by atoms with Gasteiger partial charge < -0.3 is 4.57 Å². The Hall–Kier alpha value is -0.840. The van der Waals surface area contributed by atoms with E-state index in [1.165, 1.54) is 9.26 Å². The van der Waals surface area contributed by atoms with Crippen molar-refractivity contribution in [3.05, 3.63) is 46.1 Å². The van der Waals surface area contributed by atoms with E-state index in [0.717, 1.165) is 5.82 Å². The van der Waals surface area contributed by atoms with Crippen LogP contribution in [0.4, 0.5) is 0 Å². The lowest BCUT2D eigenvalue weighted by Gasteiger charge is -2.06. The van der Waals surface area contributed by atoms with Crippen LogP contribution in [0.2, 0.25) is 0 Å². The predicted molar refractivity (Wildman–Crippen MR) is 61.0 cm³/mol. The third kappa shape index (κ3) is 1.60. The second kappa shape index (κ2) is 3.49. The van der Waals surface area contributed by atoms with Crippen LogP contribution in [0.5, 0.6) is 0 Å². The summed E-state index contributed by atoms with van der Waals surface area (Å²) in [6, 6.07) is 8.26. The first-order valence-electron chi connectivity index (χ1n) is 4.04. The van der Waals surface area contributed by atoms with E-state index in [1.54, 1.807) is 0 Å². The van der Waals surface area contributed by atoms with Crippen molar-refractivity contribution in [2.24, 2.45) is 0 Å². The molecule has 0 radical (unpaired) electrons. The normalized spacial score (nSPS) is 10.3. The van der Waals surface area contributed by atoms with Gasteiger partial charge in [-0.05, 0) is 41.6 Å². The van der Waals surface area contributed by atoms with E-state index in [2.05, 4.69) is 44.3 Å². The van der Waals surface area contributed by atoms with E-state index in [1.807, 2.05) is 31.5 Å². The van der Waals surface area contributed by atoms with E-state index >= 15 is 0 Å². The van der Waals surface area contributed by atoms with Crippen LogP contribution in [0.25, 0.3) is 5.69 Å². The molecule has 0 aliphatic carbocycles. The lowest BCUT2D eigenvalue weighted by atomic mass is 10.3. The molecule has 0 unspecified atom stereocenters. The maximum Gasteiger partial charge on any atom is 0.110 e. The van der Waals surface area contributed by atoms with Crippen molar-refractivity contribution < 1.29 is 0 Å². The average Bonchev–Trinajstić information content (AvgIpc) is 2.52. The molecule has 2 nitrogen and oxygen atoms in total. The fourth-order valence-electron chi connectivity index (χ4n) is 1.28. The summed E-state index contributed by atoms with van der Waals surface area (Å²) in [5.41, 5.74) is 1.19. The zero-order valence-electron chi connectivity index (χ0n) is 7.24. The molecule has 0 aliphatic rings. The van der Waals surface area contributed by atoms with Crippen LogP contribution in [-0.2, 0) is 0 Å². The molecule has 0 saturated carbocycles. The highest BCUT2D eigenvalue weighted by Crippen LogP contribution is 2.17. The molecule has 66 valence electrons. The van der Waals surface area contributed by atoms with E-state index in [0.29, 0.717) is 0 Å². The van der Waals surface area contributed by atoms with Gasteiger partial charge in [0.15, 0.2) is 0 Å². The van der Waals surface area contributed by atoms with E-state index in [4.69, 9.17) is 0 Å². The Bertz CT molecular complexity index is 420. The molecule has 0 bridgehead atoms. The molecule has 1 heterocycles. The molecule has 0 N–H and O–H groups in total. The van der Waals surface area contributed by atoms with Crippen molar-refractivity contribution >= 4 is 22.6 Å². The third-order valence-corrected chi connectivity index (χ3v) is 2.85. The summed E-state index contributed by atoms with van der Waals surface area (Å²) in [6.07, 6.45) is 3.80. The molecule has 3 heteroatoms. The summed E-state index contributed by atoms with van der Waals surface area (Å²) < 4.78 is 3.32. The number of nitrogens with zero attached hydrogens (tertiary/aromatic N) is 2. The first kappa shape index (κ1) is 8.74. The van der Waals surface area contributed by atoms with Gasteiger partial charge in [-0.3, -0.25) is 0 Å². The number of aryl methyl sites for hydroxylation is 1. The molecule has 0 spiro atoms. The van der Waals surface area contributed by atoms with Crippen LogP contribution < -0.4 is 0 Å². The van der Waals surface area contributed by atoms with Crippen LogP contribution in [0.15, 0.2) is 36.7 Å². The summed E-state index contributed by atoms with van der Waals surface area (Å²) in [5.74, 6) is 1.02. The van der Waals surface area contributed by atoms with Gasteiger partial charge in [0.1, 0.15) is 5.82 Å². The fraction of sp³-hybridized carbons (Fsp3) is 0.100. The first-order valence-corrected chi connectivity index (χ1v) is 5.12. The zero-order valence-corrected chi connectivity index (χ0v) is 9.39. The highest BCUT2D eigenvalue weighted by molar-refractivity contribution is 14.1. The van der Waals surface area contributed by atoms with Crippen molar-refractivity contribution in [2.75, 3.05) is 0 Å². The minimum Gasteiger partial charge on any atom is -0.303 e. The molecule has 0 saturated heterocycles. The number of aromatic nitrogens is 2. The molecule has 1 aromatic heterocycles. The van der Waals surface area contributed by atoms with Gasteiger partial charge >= 0.3 is 0 Å². The van der Waals surface area contributed by atoms with Gasteiger partial charge in [-0.2, -0.15) is 0 Å². The molecule has 2 rings (SSSR count). The van der Waals surface area contributed by atoms with Crippen LogP contribution >= 0.6 is 22.6 Å². The maximum absolute atomic E-state index is 4.19. The Morgan fingerprint density at radius 2 is 2.08 bits per heavy atom. The molecule has 0 aliphatic heterocycles.